The van der Waals surface area contributed by atoms with Gasteiger partial charge in [-0.05, 0) is 48.2 Å². The van der Waals surface area contributed by atoms with Crippen LogP contribution in [0.2, 0.25) is 5.02 Å². The number of aldehydes is 1. The SMILES string of the molecule is Cc1cc(Cl)c(C(C)C)cc1Oc1c(F)cccc1C=O. The quantitative estimate of drug-likeness (QED) is 0.696. The summed E-state index contributed by atoms with van der Waals surface area (Å²) in [4.78, 5) is 11.0. The lowest BCUT2D eigenvalue weighted by molar-refractivity contribution is 0.112. The largest absolute Gasteiger partial charge is 0.453 e. The molecule has 21 heavy (non-hydrogen) atoms. The number of halogens is 2. The smallest absolute Gasteiger partial charge is 0.173 e. The molecule has 110 valence electrons. The lowest BCUT2D eigenvalue weighted by Crippen LogP contribution is -1.98. The average Bonchev–Trinajstić information content (AvgIpc) is 2.43. The van der Waals surface area contributed by atoms with Crippen LogP contribution in [0.3, 0.4) is 0 Å². The van der Waals surface area contributed by atoms with Crippen molar-refractivity contribution < 1.29 is 13.9 Å². The van der Waals surface area contributed by atoms with Crippen molar-refractivity contribution in [3.8, 4) is 11.5 Å². The predicted octanol–water partition coefficient (Wildman–Crippen LogP) is 5.52. The molecule has 0 saturated carbocycles. The molecule has 0 bridgehead atoms. The van der Waals surface area contributed by atoms with Crippen LogP contribution in [0.25, 0.3) is 0 Å². The molecule has 0 aliphatic carbocycles. The summed E-state index contributed by atoms with van der Waals surface area (Å²) in [6.45, 7) is 5.85. The molecular weight excluding hydrogens is 291 g/mol. The Labute approximate surface area is 128 Å². The van der Waals surface area contributed by atoms with Gasteiger partial charge in [-0.2, -0.15) is 0 Å². The zero-order valence-electron chi connectivity index (χ0n) is 12.1. The molecule has 0 unspecified atom stereocenters. The molecule has 0 radical (unpaired) electrons. The fraction of sp³-hybridized carbons (Fsp3) is 0.235. The van der Waals surface area contributed by atoms with Crippen molar-refractivity contribution in [2.45, 2.75) is 26.7 Å². The Hall–Kier alpha value is -1.87. The van der Waals surface area contributed by atoms with Gasteiger partial charge in [-0.3, -0.25) is 4.79 Å². The van der Waals surface area contributed by atoms with E-state index >= 15 is 0 Å². The van der Waals surface area contributed by atoms with Crippen LogP contribution in [0, 0.1) is 12.7 Å². The Morgan fingerprint density at radius 2 is 2.00 bits per heavy atom. The Morgan fingerprint density at radius 1 is 1.29 bits per heavy atom. The second-order valence-electron chi connectivity index (χ2n) is 5.17. The zero-order valence-corrected chi connectivity index (χ0v) is 12.9. The highest BCUT2D eigenvalue weighted by Gasteiger charge is 2.15. The van der Waals surface area contributed by atoms with Gasteiger partial charge in [-0.25, -0.2) is 4.39 Å². The number of para-hydroxylation sites is 1. The van der Waals surface area contributed by atoms with E-state index in [4.69, 9.17) is 16.3 Å². The number of benzene rings is 2. The maximum atomic E-state index is 13.9. The number of hydrogen-bond acceptors (Lipinski definition) is 2. The topological polar surface area (TPSA) is 26.3 Å². The van der Waals surface area contributed by atoms with Crippen molar-refractivity contribution in [1.29, 1.82) is 0 Å². The number of carbonyl (C=O) groups is 1. The highest BCUT2D eigenvalue weighted by molar-refractivity contribution is 6.31. The van der Waals surface area contributed by atoms with Crippen molar-refractivity contribution in [2.75, 3.05) is 0 Å². The van der Waals surface area contributed by atoms with E-state index in [-0.39, 0.29) is 17.2 Å². The molecule has 0 N–H and O–H groups in total. The highest BCUT2D eigenvalue weighted by atomic mass is 35.5. The van der Waals surface area contributed by atoms with Crippen LogP contribution in [0.15, 0.2) is 30.3 Å². The van der Waals surface area contributed by atoms with Crippen LogP contribution in [0.5, 0.6) is 11.5 Å². The molecule has 2 aromatic carbocycles. The summed E-state index contributed by atoms with van der Waals surface area (Å²) in [6.07, 6.45) is 0.576. The van der Waals surface area contributed by atoms with Gasteiger partial charge in [-0.1, -0.05) is 31.5 Å². The Morgan fingerprint density at radius 3 is 2.62 bits per heavy atom. The van der Waals surface area contributed by atoms with Crippen LogP contribution in [0.1, 0.15) is 41.3 Å². The summed E-state index contributed by atoms with van der Waals surface area (Å²) < 4.78 is 19.5. The minimum atomic E-state index is -0.569. The summed E-state index contributed by atoms with van der Waals surface area (Å²) in [5.74, 6) is 0.0792. The number of carbonyl (C=O) groups excluding carboxylic acids is 1. The maximum Gasteiger partial charge on any atom is 0.173 e. The molecule has 0 atom stereocenters. The van der Waals surface area contributed by atoms with E-state index in [9.17, 15) is 9.18 Å². The van der Waals surface area contributed by atoms with E-state index < -0.39 is 5.82 Å². The molecular formula is C17H16ClFO2. The number of aryl methyl sites for hydroxylation is 1. The van der Waals surface area contributed by atoms with E-state index in [1.807, 2.05) is 20.8 Å². The van der Waals surface area contributed by atoms with E-state index in [2.05, 4.69) is 0 Å². The lowest BCUT2D eigenvalue weighted by atomic mass is 10.0. The highest BCUT2D eigenvalue weighted by Crippen LogP contribution is 2.35. The number of ether oxygens (including phenoxy) is 1. The van der Waals surface area contributed by atoms with Crippen LogP contribution >= 0.6 is 11.6 Å². The normalized spacial score (nSPS) is 10.8. The van der Waals surface area contributed by atoms with Gasteiger partial charge >= 0.3 is 0 Å². The fourth-order valence-corrected chi connectivity index (χ4v) is 2.49. The first-order valence-electron chi connectivity index (χ1n) is 6.65. The van der Waals surface area contributed by atoms with E-state index in [0.717, 1.165) is 11.1 Å². The van der Waals surface area contributed by atoms with Gasteiger partial charge in [0.1, 0.15) is 5.75 Å². The second-order valence-corrected chi connectivity index (χ2v) is 5.58. The first kappa shape index (κ1) is 15.5. The van der Waals surface area contributed by atoms with Crippen LogP contribution in [-0.2, 0) is 0 Å². The maximum absolute atomic E-state index is 13.9. The molecule has 0 aromatic heterocycles. The number of rotatable bonds is 4. The van der Waals surface area contributed by atoms with Crippen molar-refractivity contribution >= 4 is 17.9 Å². The molecule has 0 saturated heterocycles. The van der Waals surface area contributed by atoms with Gasteiger partial charge in [0.25, 0.3) is 0 Å². The van der Waals surface area contributed by atoms with Crippen molar-refractivity contribution in [3.63, 3.8) is 0 Å². The Bertz CT molecular complexity index is 681. The standard InChI is InChI=1S/C17H16ClFO2/c1-10(2)13-8-16(11(3)7-14(13)18)21-17-12(9-20)5-4-6-15(17)19/h4-10H,1-3H3. The minimum absolute atomic E-state index is 0.0624. The minimum Gasteiger partial charge on any atom is -0.453 e. The molecule has 0 spiro atoms. The second kappa shape index (κ2) is 6.27. The first-order valence-corrected chi connectivity index (χ1v) is 7.03. The van der Waals surface area contributed by atoms with E-state index in [0.29, 0.717) is 17.1 Å². The molecule has 2 nitrogen and oxygen atoms in total. The average molecular weight is 307 g/mol. The summed E-state index contributed by atoms with van der Waals surface area (Å²) in [6, 6.07) is 7.83. The summed E-state index contributed by atoms with van der Waals surface area (Å²) >= 11 is 6.20. The van der Waals surface area contributed by atoms with Crippen LogP contribution < -0.4 is 4.74 Å². The summed E-state index contributed by atoms with van der Waals surface area (Å²) in [5, 5.41) is 0.652. The van der Waals surface area contributed by atoms with Crippen molar-refractivity contribution in [2.24, 2.45) is 0 Å². The molecule has 2 rings (SSSR count). The van der Waals surface area contributed by atoms with Gasteiger partial charge < -0.3 is 4.74 Å². The van der Waals surface area contributed by atoms with Crippen LogP contribution in [-0.4, -0.2) is 6.29 Å². The Balaban J connectivity index is 2.50. The third-order valence-electron chi connectivity index (χ3n) is 3.25. The predicted molar refractivity (Wildman–Crippen MR) is 82.1 cm³/mol. The summed E-state index contributed by atoms with van der Waals surface area (Å²) in [5.41, 5.74) is 1.88. The van der Waals surface area contributed by atoms with Gasteiger partial charge in [0.2, 0.25) is 0 Å². The Kier molecular flexibility index (Phi) is 4.63. The summed E-state index contributed by atoms with van der Waals surface area (Å²) in [7, 11) is 0. The third kappa shape index (κ3) is 3.24. The molecule has 0 heterocycles. The van der Waals surface area contributed by atoms with Crippen molar-refractivity contribution in [3.05, 3.63) is 57.9 Å². The van der Waals surface area contributed by atoms with Gasteiger partial charge in [0, 0.05) is 5.02 Å². The monoisotopic (exact) mass is 306 g/mol. The van der Waals surface area contributed by atoms with Gasteiger partial charge in [0.05, 0.1) is 5.56 Å². The number of hydrogen-bond donors (Lipinski definition) is 0. The van der Waals surface area contributed by atoms with E-state index in [1.54, 1.807) is 12.1 Å². The third-order valence-corrected chi connectivity index (χ3v) is 3.58. The molecule has 4 heteroatoms. The van der Waals surface area contributed by atoms with Crippen molar-refractivity contribution in [1.82, 2.24) is 0 Å². The zero-order chi connectivity index (χ0) is 15.6. The lowest BCUT2D eigenvalue weighted by Gasteiger charge is -2.15. The first-order chi connectivity index (χ1) is 9.93. The van der Waals surface area contributed by atoms with Gasteiger partial charge in [-0.15, -0.1) is 0 Å². The van der Waals surface area contributed by atoms with Crippen LogP contribution in [0.4, 0.5) is 4.39 Å². The molecule has 2 aromatic rings. The molecule has 0 aliphatic rings. The van der Waals surface area contributed by atoms with E-state index in [1.165, 1.54) is 18.2 Å². The fourth-order valence-electron chi connectivity index (χ4n) is 2.06. The molecule has 0 fully saturated rings. The molecule has 0 aliphatic heterocycles. The van der Waals surface area contributed by atoms with Gasteiger partial charge in [0.15, 0.2) is 17.9 Å². The molecule has 0 amide bonds.